The van der Waals surface area contributed by atoms with E-state index in [1.807, 2.05) is 24.3 Å². The van der Waals surface area contributed by atoms with E-state index >= 15 is 0 Å². The number of hydrogen-bond acceptors (Lipinski definition) is 6. The molecule has 0 aliphatic carbocycles. The largest absolute Gasteiger partial charge is 0.480 e. The summed E-state index contributed by atoms with van der Waals surface area (Å²) in [6.07, 6.45) is 3.33. The van der Waals surface area contributed by atoms with Crippen molar-refractivity contribution in [2.45, 2.75) is 19.2 Å². The van der Waals surface area contributed by atoms with Crippen LogP contribution in [0.5, 0.6) is 0 Å². The Morgan fingerprint density at radius 1 is 1.00 bits per heavy atom. The van der Waals surface area contributed by atoms with Crippen molar-refractivity contribution in [3.05, 3.63) is 89.8 Å². The summed E-state index contributed by atoms with van der Waals surface area (Å²) < 4.78 is 17.1. The molecule has 1 N–H and O–H groups in total. The van der Waals surface area contributed by atoms with Gasteiger partial charge in [-0.25, -0.2) is 4.39 Å². The molecule has 0 amide bonds. The molecule has 3 rings (SSSR count). The van der Waals surface area contributed by atoms with E-state index in [9.17, 15) is 14.3 Å². The van der Waals surface area contributed by atoms with Gasteiger partial charge in [0.2, 0.25) is 0 Å². The molecule has 0 radical (unpaired) electrons. The zero-order valence-corrected chi connectivity index (χ0v) is 15.7. The molecule has 0 unspecified atom stereocenters. The second-order valence-corrected chi connectivity index (χ2v) is 6.29. The lowest BCUT2D eigenvalue weighted by atomic mass is 10.1. The topological polar surface area (TPSA) is 88.4 Å². The number of alkyl halides is 1. The van der Waals surface area contributed by atoms with Crippen LogP contribution >= 0.6 is 0 Å². The number of carboxylic acids is 1. The quantitative estimate of drug-likeness (QED) is 0.564. The number of carbonyl (C=O) groups is 1. The fourth-order valence-electron chi connectivity index (χ4n) is 3.06. The lowest BCUT2D eigenvalue weighted by Crippen LogP contribution is -2.35. The van der Waals surface area contributed by atoms with Crippen LogP contribution in [0.4, 0.5) is 4.39 Å². The van der Waals surface area contributed by atoms with Crippen LogP contribution in [-0.4, -0.2) is 44.3 Å². The predicted octanol–water partition coefficient (Wildman–Crippen LogP) is 2.99. The van der Waals surface area contributed by atoms with Gasteiger partial charge in [-0.15, -0.1) is 0 Å². The fourth-order valence-corrected chi connectivity index (χ4v) is 3.06. The maximum atomic E-state index is 12.3. The van der Waals surface area contributed by atoms with E-state index in [0.29, 0.717) is 22.8 Å². The van der Waals surface area contributed by atoms with Crippen LogP contribution in [0.2, 0.25) is 0 Å². The first-order valence-electron chi connectivity index (χ1n) is 9.03. The summed E-state index contributed by atoms with van der Waals surface area (Å²) in [4.78, 5) is 26.7. The van der Waals surface area contributed by atoms with Crippen LogP contribution in [0.1, 0.15) is 28.8 Å². The van der Waals surface area contributed by atoms with Crippen LogP contribution in [-0.2, 0) is 22.7 Å². The van der Waals surface area contributed by atoms with Crippen LogP contribution in [0.15, 0.2) is 67.0 Å². The highest BCUT2D eigenvalue weighted by Crippen LogP contribution is 2.27. The number of aliphatic carboxylic acids is 1. The summed E-state index contributed by atoms with van der Waals surface area (Å²) in [5.41, 5.74) is 2.58. The van der Waals surface area contributed by atoms with E-state index in [4.69, 9.17) is 4.74 Å². The van der Waals surface area contributed by atoms with Gasteiger partial charge in [0.25, 0.3) is 0 Å². The van der Waals surface area contributed by atoms with E-state index in [1.54, 1.807) is 47.6 Å². The molecule has 3 aromatic rings. The minimum Gasteiger partial charge on any atom is -0.480 e. The number of ether oxygens (including phenoxy) is 1. The molecule has 3 heterocycles. The molecule has 3 aromatic heterocycles. The third kappa shape index (κ3) is 5.87. The first-order valence-corrected chi connectivity index (χ1v) is 9.03. The third-order valence-corrected chi connectivity index (χ3v) is 4.20. The van der Waals surface area contributed by atoms with Gasteiger partial charge in [-0.1, -0.05) is 18.2 Å². The number of hydrogen-bond donors (Lipinski definition) is 1. The van der Waals surface area contributed by atoms with Crippen molar-refractivity contribution in [2.24, 2.45) is 0 Å². The van der Waals surface area contributed by atoms with Crippen LogP contribution < -0.4 is 0 Å². The Balaban J connectivity index is 1.95. The summed E-state index contributed by atoms with van der Waals surface area (Å²) in [5, 5.41) is 9.51. The Morgan fingerprint density at radius 2 is 1.66 bits per heavy atom. The van der Waals surface area contributed by atoms with Crippen molar-refractivity contribution in [3.63, 3.8) is 0 Å². The fraction of sp³-hybridized carbons (Fsp3) is 0.238. The number of pyridine rings is 3. The van der Waals surface area contributed by atoms with E-state index in [1.165, 1.54) is 0 Å². The standard InChI is InChI=1S/C21H21FN4O3/c22-15-29-14-17-7-5-6-16(25-17)12-26(13-20(27)28)21(18-8-1-3-10-23-18)19-9-2-4-11-24-19/h1-11,21H,12-15H2,(H,27,28). The van der Waals surface area contributed by atoms with Gasteiger partial charge in [-0.05, 0) is 36.4 Å². The monoisotopic (exact) mass is 396 g/mol. The molecule has 29 heavy (non-hydrogen) atoms. The zero-order valence-electron chi connectivity index (χ0n) is 15.7. The van der Waals surface area contributed by atoms with Gasteiger partial charge in [-0.3, -0.25) is 24.6 Å². The van der Waals surface area contributed by atoms with Gasteiger partial charge in [0.15, 0.2) is 6.86 Å². The Bertz CT molecular complexity index is 873. The molecule has 0 saturated heterocycles. The van der Waals surface area contributed by atoms with Crippen LogP contribution in [0, 0.1) is 0 Å². The van der Waals surface area contributed by atoms with Crippen molar-refractivity contribution in [3.8, 4) is 0 Å². The molecule has 0 saturated carbocycles. The normalized spacial score (nSPS) is 11.1. The minimum absolute atomic E-state index is 0.0488. The van der Waals surface area contributed by atoms with Crippen molar-refractivity contribution in [1.82, 2.24) is 19.9 Å². The highest BCUT2D eigenvalue weighted by Gasteiger charge is 2.27. The summed E-state index contributed by atoms with van der Waals surface area (Å²) in [7, 11) is 0. The number of halogens is 1. The second-order valence-electron chi connectivity index (χ2n) is 6.29. The molecular formula is C21H21FN4O3. The molecule has 0 atom stereocenters. The maximum absolute atomic E-state index is 12.3. The number of nitrogens with zero attached hydrogens (tertiary/aromatic N) is 4. The average Bonchev–Trinajstić information content (AvgIpc) is 2.74. The van der Waals surface area contributed by atoms with Gasteiger partial charge in [0.1, 0.15) is 0 Å². The zero-order chi connectivity index (χ0) is 20.5. The Labute approximate surface area is 167 Å². The summed E-state index contributed by atoms with van der Waals surface area (Å²) in [5.74, 6) is -0.973. The predicted molar refractivity (Wildman–Crippen MR) is 103 cm³/mol. The van der Waals surface area contributed by atoms with E-state index in [2.05, 4.69) is 15.0 Å². The number of aromatic nitrogens is 3. The van der Waals surface area contributed by atoms with Crippen molar-refractivity contribution >= 4 is 5.97 Å². The van der Waals surface area contributed by atoms with E-state index in [0.717, 1.165) is 0 Å². The number of rotatable bonds is 10. The Kier molecular flexibility index (Phi) is 7.32. The molecular weight excluding hydrogens is 375 g/mol. The molecule has 150 valence electrons. The van der Waals surface area contributed by atoms with Crippen LogP contribution in [0.25, 0.3) is 0 Å². The summed E-state index contributed by atoms with van der Waals surface area (Å²) in [6.45, 7) is -0.829. The molecule has 0 bridgehead atoms. The van der Waals surface area contributed by atoms with Gasteiger partial charge in [-0.2, -0.15) is 0 Å². The molecule has 0 aromatic carbocycles. The van der Waals surface area contributed by atoms with Gasteiger partial charge >= 0.3 is 5.97 Å². The Hall–Kier alpha value is -3.23. The third-order valence-electron chi connectivity index (χ3n) is 4.20. The summed E-state index contributed by atoms with van der Waals surface area (Å²) >= 11 is 0. The lowest BCUT2D eigenvalue weighted by Gasteiger charge is -2.29. The van der Waals surface area contributed by atoms with Crippen molar-refractivity contribution < 1.29 is 19.0 Å². The minimum atomic E-state index is -0.973. The second kappa shape index (κ2) is 10.4. The smallest absolute Gasteiger partial charge is 0.317 e. The average molecular weight is 396 g/mol. The lowest BCUT2D eigenvalue weighted by molar-refractivity contribution is -0.139. The molecule has 0 spiro atoms. The maximum Gasteiger partial charge on any atom is 0.317 e. The highest BCUT2D eigenvalue weighted by atomic mass is 19.1. The molecule has 8 heteroatoms. The highest BCUT2D eigenvalue weighted by molar-refractivity contribution is 5.69. The number of carboxylic acid groups (broad SMARTS) is 1. The van der Waals surface area contributed by atoms with Crippen LogP contribution in [0.3, 0.4) is 0 Å². The van der Waals surface area contributed by atoms with Crippen molar-refractivity contribution in [2.75, 3.05) is 13.4 Å². The Morgan fingerprint density at radius 3 is 2.21 bits per heavy atom. The van der Waals surface area contributed by atoms with Gasteiger partial charge < -0.3 is 9.84 Å². The molecule has 0 fully saturated rings. The molecule has 0 aliphatic heterocycles. The SMILES string of the molecule is O=C(O)CN(Cc1cccc(COCF)n1)C(c1ccccn1)c1ccccn1. The first-order chi connectivity index (χ1) is 14.2. The van der Waals surface area contributed by atoms with Gasteiger partial charge in [0, 0.05) is 18.9 Å². The van der Waals surface area contributed by atoms with Crippen molar-refractivity contribution in [1.29, 1.82) is 0 Å². The van der Waals surface area contributed by atoms with Gasteiger partial charge in [0.05, 0.1) is 42.0 Å². The molecule has 7 nitrogen and oxygen atoms in total. The van der Waals surface area contributed by atoms with E-state index < -0.39 is 18.9 Å². The molecule has 0 aliphatic rings. The summed E-state index contributed by atoms with van der Waals surface area (Å²) in [6, 6.07) is 15.8. The first kappa shape index (κ1) is 20.5. The van der Waals surface area contributed by atoms with E-state index in [-0.39, 0.29) is 19.7 Å².